The Morgan fingerprint density at radius 1 is 1.10 bits per heavy atom. The van der Waals surface area contributed by atoms with Gasteiger partial charge in [0.25, 0.3) is 0 Å². The maximum Gasteiger partial charge on any atom is 0.225 e. The van der Waals surface area contributed by atoms with E-state index in [1.807, 2.05) is 16.8 Å². The molecule has 31 heavy (non-hydrogen) atoms. The van der Waals surface area contributed by atoms with Crippen LogP contribution in [0, 0.1) is 0 Å². The van der Waals surface area contributed by atoms with E-state index in [9.17, 15) is 0 Å². The molecule has 0 fully saturated rings. The molecule has 9 nitrogen and oxygen atoms in total. The van der Waals surface area contributed by atoms with Crippen LogP contribution in [0.3, 0.4) is 0 Å². The van der Waals surface area contributed by atoms with Crippen LogP contribution in [0.5, 0.6) is 0 Å². The molecule has 2 N–H and O–H groups in total. The molecule has 0 amide bonds. The number of furan rings is 1. The molecule has 0 radical (unpaired) electrons. The summed E-state index contributed by atoms with van der Waals surface area (Å²) in [7, 11) is 0. The third kappa shape index (κ3) is 3.13. The Labute approximate surface area is 182 Å². The summed E-state index contributed by atoms with van der Waals surface area (Å²) in [6, 6.07) is 9.76. The van der Waals surface area contributed by atoms with E-state index in [0.29, 0.717) is 29.4 Å². The van der Waals surface area contributed by atoms with Gasteiger partial charge in [-0.15, -0.1) is 5.10 Å². The van der Waals surface area contributed by atoms with Crippen LogP contribution in [0.25, 0.3) is 28.3 Å². The van der Waals surface area contributed by atoms with Crippen LogP contribution in [-0.4, -0.2) is 47.4 Å². The van der Waals surface area contributed by atoms with Gasteiger partial charge in [-0.1, -0.05) is 17.7 Å². The Morgan fingerprint density at radius 2 is 2.03 bits per heavy atom. The van der Waals surface area contributed by atoms with E-state index in [2.05, 4.69) is 37.2 Å². The molecule has 4 aromatic heterocycles. The van der Waals surface area contributed by atoms with Crippen LogP contribution in [0.1, 0.15) is 11.1 Å². The van der Waals surface area contributed by atoms with Crippen molar-refractivity contribution in [3.8, 4) is 11.6 Å². The van der Waals surface area contributed by atoms with Gasteiger partial charge < -0.3 is 10.2 Å². The number of fused-ring (bicyclic) bond motifs is 4. The molecule has 0 atom stereocenters. The zero-order chi connectivity index (χ0) is 20.9. The fourth-order valence-corrected chi connectivity index (χ4v) is 4.34. The lowest BCUT2D eigenvalue weighted by Gasteiger charge is -2.28. The summed E-state index contributed by atoms with van der Waals surface area (Å²) in [4.78, 5) is 11.5. The average Bonchev–Trinajstić information content (AvgIpc) is 3.51. The number of nitrogens with two attached hydrogens (primary N) is 1. The van der Waals surface area contributed by atoms with Crippen LogP contribution in [0.15, 0.2) is 47.2 Å². The van der Waals surface area contributed by atoms with Crippen molar-refractivity contribution < 1.29 is 4.42 Å². The molecule has 1 aliphatic heterocycles. The lowest BCUT2D eigenvalue weighted by molar-refractivity contribution is 0.241. The lowest BCUT2D eigenvalue weighted by atomic mass is 10.00. The average molecular weight is 435 g/mol. The molecule has 1 aromatic carbocycles. The van der Waals surface area contributed by atoms with Gasteiger partial charge in [-0.3, -0.25) is 4.90 Å². The van der Waals surface area contributed by atoms with Crippen LogP contribution < -0.4 is 5.73 Å². The highest BCUT2D eigenvalue weighted by atomic mass is 35.5. The molecule has 5 heterocycles. The Hall–Kier alpha value is -3.43. The van der Waals surface area contributed by atoms with E-state index < -0.39 is 0 Å². The summed E-state index contributed by atoms with van der Waals surface area (Å²) in [6.45, 7) is 3.43. The van der Waals surface area contributed by atoms with Gasteiger partial charge in [0, 0.05) is 24.7 Å². The number of hydrogen-bond donors (Lipinski definition) is 1. The van der Waals surface area contributed by atoms with Crippen molar-refractivity contribution in [2.45, 2.75) is 19.5 Å². The first-order chi connectivity index (χ1) is 15.2. The Kier molecular flexibility index (Phi) is 4.18. The van der Waals surface area contributed by atoms with Crippen molar-refractivity contribution in [2.75, 3.05) is 18.8 Å². The van der Waals surface area contributed by atoms with E-state index in [-0.39, 0.29) is 5.95 Å². The van der Waals surface area contributed by atoms with Crippen molar-refractivity contribution in [3.63, 3.8) is 0 Å². The standard InChI is InChI=1S/C21H19ClN8O/c22-15-4-3-13-5-6-28(12-14(13)10-15)7-8-29-19-16(11-24-29)20-25-18(17-2-1-9-31-17)27-30(20)21(23)26-19/h1-4,9-11H,5-8,12H2,(H2,23,26). The van der Waals surface area contributed by atoms with Crippen molar-refractivity contribution in [1.29, 1.82) is 0 Å². The smallest absolute Gasteiger partial charge is 0.225 e. The second-order valence-electron chi connectivity index (χ2n) is 7.66. The highest BCUT2D eigenvalue weighted by Crippen LogP contribution is 2.25. The SMILES string of the molecule is Nc1nc2c(cnn2CCN2CCc3ccc(Cl)cc3C2)c2nc(-c3ccco3)nn12. The number of anilines is 1. The molecule has 156 valence electrons. The van der Waals surface area contributed by atoms with Gasteiger partial charge in [-0.25, -0.2) is 9.67 Å². The highest BCUT2D eigenvalue weighted by Gasteiger charge is 2.19. The van der Waals surface area contributed by atoms with Crippen molar-refractivity contribution >= 4 is 34.2 Å². The van der Waals surface area contributed by atoms with E-state index in [0.717, 1.165) is 36.5 Å². The Morgan fingerprint density at radius 3 is 2.90 bits per heavy atom. The van der Waals surface area contributed by atoms with E-state index in [4.69, 9.17) is 21.8 Å². The molecule has 0 aliphatic carbocycles. The topological polar surface area (TPSA) is 103 Å². The molecule has 0 saturated heterocycles. The predicted octanol–water partition coefficient (Wildman–Crippen LogP) is 3.03. The van der Waals surface area contributed by atoms with Gasteiger partial charge >= 0.3 is 0 Å². The lowest BCUT2D eigenvalue weighted by Crippen LogP contribution is -2.33. The first-order valence-corrected chi connectivity index (χ1v) is 10.4. The van der Waals surface area contributed by atoms with Crippen LogP contribution in [0.4, 0.5) is 5.95 Å². The molecular weight excluding hydrogens is 416 g/mol. The number of aromatic nitrogens is 6. The Bertz CT molecular complexity index is 1400. The fraction of sp³-hybridized carbons (Fsp3) is 0.238. The molecule has 6 rings (SSSR count). The van der Waals surface area contributed by atoms with Gasteiger partial charge in [-0.05, 0) is 41.8 Å². The second-order valence-corrected chi connectivity index (χ2v) is 8.10. The van der Waals surface area contributed by atoms with Crippen LogP contribution in [0.2, 0.25) is 5.02 Å². The molecule has 0 unspecified atom stereocenters. The van der Waals surface area contributed by atoms with Crippen LogP contribution >= 0.6 is 11.6 Å². The largest absolute Gasteiger partial charge is 0.461 e. The number of hydrogen-bond acceptors (Lipinski definition) is 7. The summed E-state index contributed by atoms with van der Waals surface area (Å²) in [5.74, 6) is 1.30. The number of nitrogens with zero attached hydrogens (tertiary/aromatic N) is 7. The van der Waals surface area contributed by atoms with E-state index >= 15 is 0 Å². The number of benzene rings is 1. The van der Waals surface area contributed by atoms with Gasteiger partial charge in [0.05, 0.1) is 24.4 Å². The minimum Gasteiger partial charge on any atom is -0.461 e. The summed E-state index contributed by atoms with van der Waals surface area (Å²) in [5.41, 5.74) is 10.2. The number of rotatable bonds is 4. The van der Waals surface area contributed by atoms with Gasteiger partial charge in [0.1, 0.15) is 0 Å². The molecule has 0 saturated carbocycles. The fourth-order valence-electron chi connectivity index (χ4n) is 4.14. The number of halogens is 1. The first kappa shape index (κ1) is 18.3. The van der Waals surface area contributed by atoms with Crippen LogP contribution in [-0.2, 0) is 19.5 Å². The zero-order valence-corrected chi connectivity index (χ0v) is 17.3. The molecular formula is C21H19ClN8O. The monoisotopic (exact) mass is 434 g/mol. The van der Waals surface area contributed by atoms with E-state index in [1.165, 1.54) is 15.6 Å². The third-order valence-corrected chi connectivity index (χ3v) is 5.96. The summed E-state index contributed by atoms with van der Waals surface area (Å²) >= 11 is 6.17. The minimum absolute atomic E-state index is 0.260. The predicted molar refractivity (Wildman–Crippen MR) is 117 cm³/mol. The summed E-state index contributed by atoms with van der Waals surface area (Å²) in [6.07, 6.45) is 4.37. The first-order valence-electron chi connectivity index (χ1n) is 10.1. The molecule has 1 aliphatic rings. The summed E-state index contributed by atoms with van der Waals surface area (Å²) < 4.78 is 8.81. The normalized spacial score (nSPS) is 14.5. The van der Waals surface area contributed by atoms with E-state index in [1.54, 1.807) is 18.5 Å². The molecule has 5 aromatic rings. The molecule has 10 heteroatoms. The van der Waals surface area contributed by atoms with Gasteiger partial charge in [0.2, 0.25) is 11.8 Å². The van der Waals surface area contributed by atoms with Crippen molar-refractivity contribution in [2.24, 2.45) is 0 Å². The minimum atomic E-state index is 0.260. The zero-order valence-electron chi connectivity index (χ0n) is 16.6. The van der Waals surface area contributed by atoms with Gasteiger partial charge in [0.15, 0.2) is 17.1 Å². The maximum absolute atomic E-state index is 6.18. The summed E-state index contributed by atoms with van der Waals surface area (Å²) in [5, 5.41) is 10.6. The van der Waals surface area contributed by atoms with Crippen molar-refractivity contribution in [3.05, 3.63) is 58.9 Å². The highest BCUT2D eigenvalue weighted by molar-refractivity contribution is 6.30. The molecule has 0 spiro atoms. The third-order valence-electron chi connectivity index (χ3n) is 5.73. The maximum atomic E-state index is 6.18. The quantitative estimate of drug-likeness (QED) is 0.463. The van der Waals surface area contributed by atoms with Gasteiger partial charge in [-0.2, -0.15) is 14.6 Å². The second kappa shape index (κ2) is 7.07. The number of nitrogen functional groups attached to an aromatic ring is 1. The Balaban J connectivity index is 1.28. The molecule has 0 bridgehead atoms. The van der Waals surface area contributed by atoms with Crippen molar-refractivity contribution in [1.82, 2.24) is 34.3 Å².